The standard InChI is InChI=1S/C22H20N6O/c29-22(19-8-3-6-17-5-1-2-7-18(17)19)27-15-13-26(14-16-27)20-9-10-21(25-24-20)28-12-4-11-23-28/h1-12H,13-16H2. The Hall–Kier alpha value is -3.74. The molecule has 0 unspecified atom stereocenters. The van der Waals surface area contributed by atoms with E-state index < -0.39 is 0 Å². The molecule has 2 aromatic heterocycles. The first kappa shape index (κ1) is 17.4. The van der Waals surface area contributed by atoms with Gasteiger partial charge in [0.15, 0.2) is 11.6 Å². The molecule has 5 rings (SSSR count). The number of carbonyl (C=O) groups is 1. The van der Waals surface area contributed by atoms with E-state index in [1.807, 2.05) is 71.8 Å². The first-order chi connectivity index (χ1) is 14.3. The van der Waals surface area contributed by atoms with Crippen LogP contribution in [0.2, 0.25) is 0 Å². The van der Waals surface area contributed by atoms with Gasteiger partial charge in [-0.05, 0) is 35.0 Å². The van der Waals surface area contributed by atoms with E-state index in [9.17, 15) is 4.79 Å². The number of amides is 1. The Morgan fingerprint density at radius 3 is 2.31 bits per heavy atom. The van der Waals surface area contributed by atoms with E-state index in [2.05, 4.69) is 20.2 Å². The number of rotatable bonds is 3. The van der Waals surface area contributed by atoms with Gasteiger partial charge in [0, 0.05) is 44.1 Å². The fraction of sp³-hybridized carbons (Fsp3) is 0.182. The van der Waals surface area contributed by atoms with Crippen LogP contribution in [0.5, 0.6) is 0 Å². The Kier molecular flexibility index (Phi) is 4.40. The molecule has 0 aliphatic carbocycles. The SMILES string of the molecule is O=C(c1cccc2ccccc12)N1CCN(c2ccc(-n3cccn3)nn2)CC1. The zero-order valence-corrected chi connectivity index (χ0v) is 15.8. The summed E-state index contributed by atoms with van der Waals surface area (Å²) in [5.41, 5.74) is 0.764. The fourth-order valence-electron chi connectivity index (χ4n) is 3.73. The lowest BCUT2D eigenvalue weighted by Gasteiger charge is -2.35. The summed E-state index contributed by atoms with van der Waals surface area (Å²) < 4.78 is 1.68. The van der Waals surface area contributed by atoms with Crippen molar-refractivity contribution >= 4 is 22.5 Å². The monoisotopic (exact) mass is 384 g/mol. The van der Waals surface area contributed by atoms with Crippen molar-refractivity contribution < 1.29 is 4.79 Å². The average molecular weight is 384 g/mol. The first-order valence-electron chi connectivity index (χ1n) is 9.65. The third kappa shape index (κ3) is 3.31. The Balaban J connectivity index is 1.28. The molecule has 0 radical (unpaired) electrons. The van der Waals surface area contributed by atoms with Crippen molar-refractivity contribution in [3.05, 3.63) is 78.6 Å². The molecule has 1 amide bonds. The molecule has 0 saturated carbocycles. The second-order valence-electron chi connectivity index (χ2n) is 7.01. The number of nitrogens with zero attached hydrogens (tertiary/aromatic N) is 6. The van der Waals surface area contributed by atoms with Crippen LogP contribution in [0.4, 0.5) is 5.82 Å². The molecule has 7 heteroatoms. The molecular formula is C22H20N6O. The van der Waals surface area contributed by atoms with Crippen molar-refractivity contribution in [2.75, 3.05) is 31.1 Å². The topological polar surface area (TPSA) is 67.2 Å². The number of hydrogen-bond donors (Lipinski definition) is 0. The van der Waals surface area contributed by atoms with Gasteiger partial charge >= 0.3 is 0 Å². The number of aromatic nitrogens is 4. The van der Waals surface area contributed by atoms with E-state index >= 15 is 0 Å². The van der Waals surface area contributed by atoms with Crippen molar-refractivity contribution in [2.24, 2.45) is 0 Å². The predicted octanol–water partition coefficient (Wildman–Crippen LogP) is 2.78. The number of hydrogen-bond acceptors (Lipinski definition) is 5. The lowest BCUT2D eigenvalue weighted by molar-refractivity contribution is 0.0748. The van der Waals surface area contributed by atoms with Gasteiger partial charge in [-0.1, -0.05) is 36.4 Å². The highest BCUT2D eigenvalue weighted by molar-refractivity contribution is 6.07. The Bertz CT molecular complexity index is 1130. The summed E-state index contributed by atoms with van der Waals surface area (Å²) >= 11 is 0. The van der Waals surface area contributed by atoms with Gasteiger partial charge in [-0.2, -0.15) is 5.10 Å². The number of carbonyl (C=O) groups excluding carboxylic acids is 1. The zero-order valence-electron chi connectivity index (χ0n) is 15.8. The third-order valence-electron chi connectivity index (χ3n) is 5.29. The van der Waals surface area contributed by atoms with Crippen LogP contribution in [0, 0.1) is 0 Å². The highest BCUT2D eigenvalue weighted by Crippen LogP contribution is 2.21. The molecule has 4 aromatic rings. The molecule has 1 aliphatic rings. The van der Waals surface area contributed by atoms with E-state index in [0.717, 1.165) is 35.2 Å². The summed E-state index contributed by atoms with van der Waals surface area (Å²) in [4.78, 5) is 17.2. The van der Waals surface area contributed by atoms with Crippen LogP contribution in [-0.4, -0.2) is 57.0 Å². The summed E-state index contributed by atoms with van der Waals surface area (Å²) in [6, 6.07) is 19.6. The van der Waals surface area contributed by atoms with E-state index in [4.69, 9.17) is 0 Å². The number of anilines is 1. The molecule has 3 heterocycles. The number of piperazine rings is 1. The maximum atomic E-state index is 13.1. The van der Waals surface area contributed by atoms with E-state index in [1.54, 1.807) is 10.9 Å². The summed E-state index contributed by atoms with van der Waals surface area (Å²) in [6.07, 6.45) is 3.54. The van der Waals surface area contributed by atoms with Crippen LogP contribution in [0.15, 0.2) is 73.1 Å². The average Bonchev–Trinajstić information content (AvgIpc) is 3.33. The van der Waals surface area contributed by atoms with Crippen LogP contribution >= 0.6 is 0 Å². The number of fused-ring (bicyclic) bond motifs is 1. The lowest BCUT2D eigenvalue weighted by atomic mass is 10.0. The van der Waals surface area contributed by atoms with Gasteiger partial charge < -0.3 is 9.80 Å². The molecule has 7 nitrogen and oxygen atoms in total. The first-order valence-corrected chi connectivity index (χ1v) is 9.65. The molecule has 1 saturated heterocycles. The molecule has 144 valence electrons. The zero-order chi connectivity index (χ0) is 19.6. The smallest absolute Gasteiger partial charge is 0.254 e. The minimum atomic E-state index is 0.0848. The van der Waals surface area contributed by atoms with Crippen molar-refractivity contribution in [1.82, 2.24) is 24.9 Å². The van der Waals surface area contributed by atoms with Crippen LogP contribution in [0.1, 0.15) is 10.4 Å². The molecule has 0 spiro atoms. The largest absolute Gasteiger partial charge is 0.352 e. The highest BCUT2D eigenvalue weighted by Gasteiger charge is 2.24. The maximum absolute atomic E-state index is 13.1. The normalized spacial score (nSPS) is 14.3. The van der Waals surface area contributed by atoms with Crippen LogP contribution in [0.3, 0.4) is 0 Å². The molecular weight excluding hydrogens is 364 g/mol. The second-order valence-corrected chi connectivity index (χ2v) is 7.01. The molecule has 1 aliphatic heterocycles. The van der Waals surface area contributed by atoms with Gasteiger partial charge in [-0.25, -0.2) is 4.68 Å². The van der Waals surface area contributed by atoms with Crippen LogP contribution < -0.4 is 4.90 Å². The molecule has 2 aromatic carbocycles. The quantitative estimate of drug-likeness (QED) is 0.543. The van der Waals surface area contributed by atoms with Gasteiger partial charge in [-0.3, -0.25) is 4.79 Å². The van der Waals surface area contributed by atoms with Crippen LogP contribution in [-0.2, 0) is 0 Å². The predicted molar refractivity (Wildman–Crippen MR) is 111 cm³/mol. The van der Waals surface area contributed by atoms with Crippen LogP contribution in [0.25, 0.3) is 16.6 Å². The van der Waals surface area contributed by atoms with Gasteiger partial charge in [0.25, 0.3) is 5.91 Å². The maximum Gasteiger partial charge on any atom is 0.254 e. The van der Waals surface area contributed by atoms with E-state index in [-0.39, 0.29) is 5.91 Å². The Labute approximate surface area is 168 Å². The Morgan fingerprint density at radius 2 is 1.55 bits per heavy atom. The van der Waals surface area contributed by atoms with E-state index in [1.165, 1.54) is 0 Å². The summed E-state index contributed by atoms with van der Waals surface area (Å²) in [7, 11) is 0. The van der Waals surface area contributed by atoms with Crippen molar-refractivity contribution in [1.29, 1.82) is 0 Å². The van der Waals surface area contributed by atoms with Gasteiger partial charge in [0.1, 0.15) is 0 Å². The fourth-order valence-corrected chi connectivity index (χ4v) is 3.73. The molecule has 0 atom stereocenters. The lowest BCUT2D eigenvalue weighted by Crippen LogP contribution is -2.49. The molecule has 0 bridgehead atoms. The summed E-state index contributed by atoms with van der Waals surface area (Å²) in [5, 5.41) is 14.9. The second kappa shape index (κ2) is 7.35. The number of benzene rings is 2. The minimum Gasteiger partial charge on any atom is -0.352 e. The van der Waals surface area contributed by atoms with Gasteiger partial charge in [0.2, 0.25) is 0 Å². The van der Waals surface area contributed by atoms with Gasteiger partial charge in [0.05, 0.1) is 0 Å². The van der Waals surface area contributed by atoms with Crippen molar-refractivity contribution in [2.45, 2.75) is 0 Å². The van der Waals surface area contributed by atoms with E-state index in [0.29, 0.717) is 18.9 Å². The Morgan fingerprint density at radius 1 is 0.793 bits per heavy atom. The molecule has 1 fully saturated rings. The van der Waals surface area contributed by atoms with Crippen molar-refractivity contribution in [3.8, 4) is 5.82 Å². The van der Waals surface area contributed by atoms with Gasteiger partial charge in [-0.15, -0.1) is 10.2 Å². The molecule has 0 N–H and O–H groups in total. The summed E-state index contributed by atoms with van der Waals surface area (Å²) in [6.45, 7) is 2.77. The van der Waals surface area contributed by atoms with Crippen molar-refractivity contribution in [3.63, 3.8) is 0 Å². The molecule has 29 heavy (non-hydrogen) atoms. The minimum absolute atomic E-state index is 0.0848. The summed E-state index contributed by atoms with van der Waals surface area (Å²) in [5.74, 6) is 1.59. The highest BCUT2D eigenvalue weighted by atomic mass is 16.2. The third-order valence-corrected chi connectivity index (χ3v) is 5.29.